The third-order valence-electron chi connectivity index (χ3n) is 4.57. The van der Waals surface area contributed by atoms with Crippen LogP contribution in [0.1, 0.15) is 35.7 Å². The lowest BCUT2D eigenvalue weighted by molar-refractivity contribution is -0.121. The Morgan fingerprint density at radius 1 is 1.07 bits per heavy atom. The second-order valence-corrected chi connectivity index (χ2v) is 8.45. The topological polar surface area (TPSA) is 83.6 Å². The molecule has 7 heteroatoms. The Balaban J connectivity index is 1.51. The maximum absolute atomic E-state index is 12.5. The molecule has 0 unspecified atom stereocenters. The summed E-state index contributed by atoms with van der Waals surface area (Å²) < 4.78 is 25.7. The van der Waals surface area contributed by atoms with Crippen LogP contribution >= 0.6 is 0 Å². The van der Waals surface area contributed by atoms with Gasteiger partial charge in [-0.1, -0.05) is 42.5 Å². The summed E-state index contributed by atoms with van der Waals surface area (Å²) in [5.74, 6) is -0.843. The number of fused-ring (bicyclic) bond motifs is 1. The molecule has 1 aliphatic heterocycles. The molecule has 3 rings (SSSR count). The monoisotopic (exact) mass is 386 g/mol. The normalized spacial score (nSPS) is 16.0. The van der Waals surface area contributed by atoms with Crippen LogP contribution in [0.5, 0.6) is 0 Å². The van der Waals surface area contributed by atoms with Gasteiger partial charge in [-0.3, -0.25) is 9.59 Å². The van der Waals surface area contributed by atoms with E-state index in [1.807, 2.05) is 37.3 Å². The molecule has 1 heterocycles. The summed E-state index contributed by atoms with van der Waals surface area (Å²) in [6, 6.07) is 16.0. The molecule has 2 amide bonds. The lowest BCUT2D eigenvalue weighted by Gasteiger charge is -2.17. The Kier molecular flexibility index (Phi) is 5.60. The summed E-state index contributed by atoms with van der Waals surface area (Å²) in [5, 5.41) is 2.87. The zero-order chi connectivity index (χ0) is 19.4. The molecule has 1 atom stereocenters. The number of nitrogens with zero attached hydrogens (tertiary/aromatic N) is 1. The Hall–Kier alpha value is -2.67. The molecule has 0 radical (unpaired) electrons. The van der Waals surface area contributed by atoms with Gasteiger partial charge in [0.2, 0.25) is 5.91 Å². The molecule has 1 aliphatic rings. The summed E-state index contributed by atoms with van der Waals surface area (Å²) in [7, 11) is -3.86. The van der Waals surface area contributed by atoms with Crippen molar-refractivity contribution in [3.63, 3.8) is 0 Å². The van der Waals surface area contributed by atoms with Crippen molar-refractivity contribution in [1.82, 2.24) is 9.62 Å². The summed E-state index contributed by atoms with van der Waals surface area (Å²) in [5.41, 5.74) is 1.36. The maximum atomic E-state index is 12.5. The second-order valence-electron chi connectivity index (χ2n) is 6.62. The lowest BCUT2D eigenvalue weighted by atomic mass is 10.1. The number of aryl methyl sites for hydroxylation is 1. The first-order valence-electron chi connectivity index (χ1n) is 8.89. The standard InChI is InChI=1S/C20H22N2O4S/c1-15(11-12-16-7-3-2-4-8-16)21-19(23)13-14-22-20(24)17-9-5-6-10-18(17)27(22,25)26/h2-10,15H,11-14H2,1H3,(H,21,23)/t15-/m0/s1. The predicted octanol–water partition coefficient (Wildman–Crippen LogP) is 2.36. The average Bonchev–Trinajstić information content (AvgIpc) is 2.85. The highest BCUT2D eigenvalue weighted by atomic mass is 32.2. The van der Waals surface area contributed by atoms with Crippen LogP contribution in [0.15, 0.2) is 59.5 Å². The molecule has 0 spiro atoms. The fourth-order valence-corrected chi connectivity index (χ4v) is 4.67. The van der Waals surface area contributed by atoms with E-state index in [1.54, 1.807) is 12.1 Å². The smallest absolute Gasteiger partial charge is 0.269 e. The zero-order valence-electron chi connectivity index (χ0n) is 15.1. The molecule has 0 fully saturated rings. The summed E-state index contributed by atoms with van der Waals surface area (Å²) >= 11 is 0. The number of hydrogen-bond donors (Lipinski definition) is 1. The molecule has 27 heavy (non-hydrogen) atoms. The highest BCUT2D eigenvalue weighted by molar-refractivity contribution is 7.90. The van der Waals surface area contributed by atoms with Crippen LogP contribution in [0, 0.1) is 0 Å². The molecule has 0 bridgehead atoms. The maximum Gasteiger partial charge on any atom is 0.269 e. The van der Waals surface area contributed by atoms with Crippen LogP contribution < -0.4 is 5.32 Å². The van der Waals surface area contributed by atoms with E-state index in [0.717, 1.165) is 17.1 Å². The predicted molar refractivity (Wildman–Crippen MR) is 102 cm³/mol. The molecule has 0 saturated heterocycles. The van der Waals surface area contributed by atoms with Crippen molar-refractivity contribution < 1.29 is 18.0 Å². The van der Waals surface area contributed by atoms with Gasteiger partial charge in [-0.2, -0.15) is 0 Å². The van der Waals surface area contributed by atoms with E-state index < -0.39 is 15.9 Å². The minimum absolute atomic E-state index is 0.00615. The largest absolute Gasteiger partial charge is 0.354 e. The molecular weight excluding hydrogens is 364 g/mol. The third-order valence-corrected chi connectivity index (χ3v) is 6.41. The molecule has 2 aromatic carbocycles. The molecule has 142 valence electrons. The van der Waals surface area contributed by atoms with E-state index in [4.69, 9.17) is 0 Å². The SMILES string of the molecule is C[C@@H](CCc1ccccc1)NC(=O)CCN1C(=O)c2ccccc2S1(=O)=O. The highest BCUT2D eigenvalue weighted by Crippen LogP contribution is 2.29. The molecule has 1 N–H and O–H groups in total. The fraction of sp³-hybridized carbons (Fsp3) is 0.300. The summed E-state index contributed by atoms with van der Waals surface area (Å²) in [4.78, 5) is 24.5. The lowest BCUT2D eigenvalue weighted by Crippen LogP contribution is -2.37. The molecule has 0 aliphatic carbocycles. The number of benzene rings is 2. The van der Waals surface area contributed by atoms with Gasteiger partial charge in [0.15, 0.2) is 0 Å². The van der Waals surface area contributed by atoms with Crippen molar-refractivity contribution in [2.24, 2.45) is 0 Å². The van der Waals surface area contributed by atoms with Crippen LogP contribution in [-0.4, -0.2) is 37.1 Å². The number of rotatable bonds is 7. The van der Waals surface area contributed by atoms with E-state index >= 15 is 0 Å². The number of carbonyl (C=O) groups excluding carboxylic acids is 2. The molecular formula is C20H22N2O4S. The number of hydrogen-bond acceptors (Lipinski definition) is 4. The van der Waals surface area contributed by atoms with Gasteiger partial charge in [0, 0.05) is 19.0 Å². The fourth-order valence-electron chi connectivity index (χ4n) is 3.10. The number of nitrogens with one attached hydrogen (secondary N) is 1. The van der Waals surface area contributed by atoms with Crippen molar-refractivity contribution in [1.29, 1.82) is 0 Å². The Labute approximate surface area is 159 Å². The van der Waals surface area contributed by atoms with Gasteiger partial charge in [0.05, 0.1) is 5.56 Å². The third kappa shape index (κ3) is 4.19. The number of sulfonamides is 1. The van der Waals surface area contributed by atoms with Crippen LogP contribution in [0.3, 0.4) is 0 Å². The van der Waals surface area contributed by atoms with Crippen molar-refractivity contribution in [3.8, 4) is 0 Å². The van der Waals surface area contributed by atoms with E-state index in [9.17, 15) is 18.0 Å². The quantitative estimate of drug-likeness (QED) is 0.792. The highest BCUT2D eigenvalue weighted by Gasteiger charge is 2.40. The van der Waals surface area contributed by atoms with E-state index in [-0.39, 0.29) is 35.4 Å². The molecule has 6 nitrogen and oxygen atoms in total. The molecule has 0 saturated carbocycles. The van der Waals surface area contributed by atoms with Gasteiger partial charge in [-0.25, -0.2) is 12.7 Å². The van der Waals surface area contributed by atoms with Crippen LogP contribution in [0.4, 0.5) is 0 Å². The van der Waals surface area contributed by atoms with Crippen molar-refractivity contribution in [3.05, 3.63) is 65.7 Å². The first-order chi connectivity index (χ1) is 12.9. The summed E-state index contributed by atoms with van der Waals surface area (Å²) in [6.07, 6.45) is 1.56. The van der Waals surface area contributed by atoms with Gasteiger partial charge in [-0.05, 0) is 37.5 Å². The van der Waals surface area contributed by atoms with E-state index in [1.165, 1.54) is 17.7 Å². The van der Waals surface area contributed by atoms with Crippen molar-refractivity contribution >= 4 is 21.8 Å². The zero-order valence-corrected chi connectivity index (χ0v) is 15.9. The number of carbonyl (C=O) groups is 2. The van der Waals surface area contributed by atoms with Crippen LogP contribution in [-0.2, 0) is 21.2 Å². The van der Waals surface area contributed by atoms with Gasteiger partial charge in [-0.15, -0.1) is 0 Å². The average molecular weight is 386 g/mol. The van der Waals surface area contributed by atoms with Crippen LogP contribution in [0.25, 0.3) is 0 Å². The minimum atomic E-state index is -3.86. The van der Waals surface area contributed by atoms with E-state index in [0.29, 0.717) is 0 Å². The van der Waals surface area contributed by atoms with Crippen molar-refractivity contribution in [2.45, 2.75) is 37.1 Å². The Morgan fingerprint density at radius 2 is 1.74 bits per heavy atom. The minimum Gasteiger partial charge on any atom is -0.354 e. The van der Waals surface area contributed by atoms with Gasteiger partial charge in [0.1, 0.15) is 4.90 Å². The Bertz CT molecular complexity index is 941. The summed E-state index contributed by atoms with van der Waals surface area (Å²) in [6.45, 7) is 1.75. The van der Waals surface area contributed by atoms with Gasteiger partial charge >= 0.3 is 0 Å². The molecule has 2 aromatic rings. The first-order valence-corrected chi connectivity index (χ1v) is 10.3. The number of amides is 2. The van der Waals surface area contributed by atoms with Crippen LogP contribution in [0.2, 0.25) is 0 Å². The second kappa shape index (κ2) is 7.92. The van der Waals surface area contributed by atoms with Crippen molar-refractivity contribution in [2.75, 3.05) is 6.54 Å². The van der Waals surface area contributed by atoms with Gasteiger partial charge in [0.25, 0.3) is 15.9 Å². The first kappa shape index (κ1) is 19.1. The van der Waals surface area contributed by atoms with Gasteiger partial charge < -0.3 is 5.32 Å². The molecule has 0 aromatic heterocycles. The Morgan fingerprint density at radius 3 is 2.44 bits per heavy atom. The van der Waals surface area contributed by atoms with E-state index in [2.05, 4.69) is 5.32 Å².